The van der Waals surface area contributed by atoms with E-state index in [1.807, 2.05) is 43.3 Å². The summed E-state index contributed by atoms with van der Waals surface area (Å²) in [7, 11) is 0. The number of carbonyl (C=O) groups excluding carboxylic acids is 4. The summed E-state index contributed by atoms with van der Waals surface area (Å²) in [5.74, 6) is -1.47. The molecule has 3 N–H and O–H groups in total. The SMILES string of the molecule is CC1CC1N(C(=O)C(Cc1ccc(O)cc1)NC(=O)OC(C)(C)C)C(C(=O)NC(Cc1ccccc1)C(=O)OC(C)(C)C)c1ccccc1. The predicted octanol–water partition coefficient (Wildman–Crippen LogP) is 5.88. The van der Waals surface area contributed by atoms with Gasteiger partial charge in [-0.25, -0.2) is 9.59 Å². The van der Waals surface area contributed by atoms with Crippen molar-refractivity contribution in [1.82, 2.24) is 15.5 Å². The Balaban J connectivity index is 1.74. The Hall–Kier alpha value is -4.86. The van der Waals surface area contributed by atoms with E-state index in [4.69, 9.17) is 9.47 Å². The number of carbonyl (C=O) groups is 4. The fourth-order valence-corrected chi connectivity index (χ4v) is 5.61. The van der Waals surface area contributed by atoms with Crippen LogP contribution >= 0.6 is 0 Å². The molecule has 3 amide bonds. The molecule has 0 heterocycles. The number of esters is 1. The number of phenols is 1. The molecule has 0 aliphatic heterocycles. The van der Waals surface area contributed by atoms with Crippen LogP contribution in [0.15, 0.2) is 84.9 Å². The van der Waals surface area contributed by atoms with Crippen LogP contribution in [0.25, 0.3) is 0 Å². The van der Waals surface area contributed by atoms with Gasteiger partial charge in [0.15, 0.2) is 0 Å². The van der Waals surface area contributed by atoms with Crippen molar-refractivity contribution in [2.45, 2.75) is 103 Å². The van der Waals surface area contributed by atoms with E-state index in [1.54, 1.807) is 82.8 Å². The van der Waals surface area contributed by atoms with Crippen LogP contribution in [0, 0.1) is 5.92 Å². The van der Waals surface area contributed by atoms with Crippen molar-refractivity contribution in [2.75, 3.05) is 0 Å². The van der Waals surface area contributed by atoms with Gasteiger partial charge in [0.2, 0.25) is 11.8 Å². The van der Waals surface area contributed by atoms with Crippen LogP contribution in [0.5, 0.6) is 5.75 Å². The molecule has 1 aliphatic carbocycles. The lowest BCUT2D eigenvalue weighted by molar-refractivity contribution is -0.159. The first-order chi connectivity index (χ1) is 23.0. The summed E-state index contributed by atoms with van der Waals surface area (Å²) in [4.78, 5) is 57.5. The summed E-state index contributed by atoms with van der Waals surface area (Å²) in [6.07, 6.45) is 0.135. The minimum Gasteiger partial charge on any atom is -0.508 e. The second-order valence-corrected chi connectivity index (χ2v) is 14.7. The summed E-state index contributed by atoms with van der Waals surface area (Å²) in [6, 6.07) is 21.0. The molecule has 262 valence electrons. The van der Waals surface area contributed by atoms with Gasteiger partial charge in [-0.15, -0.1) is 0 Å². The van der Waals surface area contributed by atoms with Crippen LogP contribution in [0.2, 0.25) is 0 Å². The van der Waals surface area contributed by atoms with Gasteiger partial charge in [-0.3, -0.25) is 9.59 Å². The van der Waals surface area contributed by atoms with Crippen LogP contribution in [0.3, 0.4) is 0 Å². The van der Waals surface area contributed by atoms with Crippen LogP contribution in [-0.4, -0.2) is 63.2 Å². The quantitative estimate of drug-likeness (QED) is 0.205. The number of hydrogen-bond acceptors (Lipinski definition) is 7. The Kier molecular flexibility index (Phi) is 11.7. The van der Waals surface area contributed by atoms with Crippen LogP contribution in [0.4, 0.5) is 4.79 Å². The highest BCUT2D eigenvalue weighted by molar-refractivity contribution is 5.94. The van der Waals surface area contributed by atoms with Gasteiger partial charge in [0.1, 0.15) is 35.1 Å². The van der Waals surface area contributed by atoms with Gasteiger partial charge in [-0.2, -0.15) is 0 Å². The molecular weight excluding hydrogens is 622 g/mol. The number of hydrogen-bond donors (Lipinski definition) is 3. The zero-order valence-electron chi connectivity index (χ0n) is 29.4. The topological polar surface area (TPSA) is 134 Å². The van der Waals surface area contributed by atoms with E-state index < -0.39 is 53.2 Å². The third-order valence-corrected chi connectivity index (χ3v) is 7.98. The van der Waals surface area contributed by atoms with Gasteiger partial charge in [-0.1, -0.05) is 79.7 Å². The number of aromatic hydroxyl groups is 1. The zero-order chi connectivity index (χ0) is 35.9. The second kappa shape index (κ2) is 15.6. The van der Waals surface area contributed by atoms with E-state index in [9.17, 15) is 24.3 Å². The highest BCUT2D eigenvalue weighted by Crippen LogP contribution is 2.41. The minimum atomic E-state index is -1.13. The molecule has 3 aromatic rings. The molecule has 0 radical (unpaired) electrons. The van der Waals surface area contributed by atoms with Gasteiger partial charge in [0.05, 0.1) is 0 Å². The Labute approximate surface area is 289 Å². The van der Waals surface area contributed by atoms with Crippen LogP contribution in [-0.2, 0) is 36.7 Å². The normalized spacial score (nSPS) is 17.5. The summed E-state index contributed by atoms with van der Waals surface area (Å²) < 4.78 is 11.3. The van der Waals surface area contributed by atoms with Crippen molar-refractivity contribution < 1.29 is 33.8 Å². The Morgan fingerprint density at radius 1 is 0.755 bits per heavy atom. The van der Waals surface area contributed by atoms with E-state index in [2.05, 4.69) is 10.6 Å². The van der Waals surface area contributed by atoms with E-state index in [1.165, 1.54) is 12.1 Å². The molecule has 4 rings (SSSR count). The average Bonchev–Trinajstić information content (AvgIpc) is 3.74. The molecule has 1 fully saturated rings. The van der Waals surface area contributed by atoms with Gasteiger partial charge in [-0.05, 0) is 82.7 Å². The number of alkyl carbamates (subject to hydrolysis) is 1. The van der Waals surface area contributed by atoms with Crippen molar-refractivity contribution in [3.05, 3.63) is 102 Å². The largest absolute Gasteiger partial charge is 0.508 e. The lowest BCUT2D eigenvalue weighted by Crippen LogP contribution is -2.56. The highest BCUT2D eigenvalue weighted by atomic mass is 16.6. The van der Waals surface area contributed by atoms with E-state index in [-0.39, 0.29) is 30.6 Å². The smallest absolute Gasteiger partial charge is 0.408 e. The molecule has 0 bridgehead atoms. The maximum Gasteiger partial charge on any atom is 0.408 e. The summed E-state index contributed by atoms with van der Waals surface area (Å²) in [6.45, 7) is 12.5. The minimum absolute atomic E-state index is 0.0658. The molecule has 1 saturated carbocycles. The van der Waals surface area contributed by atoms with Gasteiger partial charge < -0.3 is 30.1 Å². The highest BCUT2D eigenvalue weighted by Gasteiger charge is 2.48. The number of nitrogens with zero attached hydrogens (tertiary/aromatic N) is 1. The third kappa shape index (κ3) is 11.1. The fraction of sp³-hybridized carbons (Fsp3) is 0.436. The number of benzene rings is 3. The number of ether oxygens (including phenoxy) is 2. The molecule has 0 aromatic heterocycles. The monoisotopic (exact) mass is 671 g/mol. The molecule has 10 nitrogen and oxygen atoms in total. The summed E-state index contributed by atoms with van der Waals surface area (Å²) >= 11 is 0. The molecule has 5 unspecified atom stereocenters. The molecule has 1 aliphatic rings. The number of nitrogens with one attached hydrogen (secondary N) is 2. The summed E-state index contributed by atoms with van der Waals surface area (Å²) in [5, 5.41) is 15.6. The van der Waals surface area contributed by atoms with E-state index in [0.29, 0.717) is 17.5 Å². The number of phenolic OH excluding ortho intramolecular Hbond substituents is 1. The maximum absolute atomic E-state index is 14.8. The van der Waals surface area contributed by atoms with Gasteiger partial charge in [0.25, 0.3) is 0 Å². The van der Waals surface area contributed by atoms with E-state index >= 15 is 0 Å². The fourth-order valence-electron chi connectivity index (χ4n) is 5.61. The molecule has 3 aromatic carbocycles. The first-order valence-corrected chi connectivity index (χ1v) is 16.7. The average molecular weight is 672 g/mol. The first kappa shape index (κ1) is 37.0. The number of rotatable bonds is 12. The van der Waals surface area contributed by atoms with Crippen molar-refractivity contribution in [3.63, 3.8) is 0 Å². The lowest BCUT2D eigenvalue weighted by Gasteiger charge is -2.36. The molecule has 5 atom stereocenters. The van der Waals surface area contributed by atoms with Crippen molar-refractivity contribution >= 4 is 23.9 Å². The van der Waals surface area contributed by atoms with Crippen molar-refractivity contribution in [2.24, 2.45) is 5.92 Å². The molecular formula is C39H49N3O7. The standard InChI is InChI=1S/C39H49N3O7/c1-25-22-32(25)42(35(45)30(41-37(47)49-39(5,6)7)23-27-18-20-29(43)21-19-27)33(28-16-12-9-13-17-28)34(44)40-31(36(46)48-38(2,3)4)24-26-14-10-8-11-15-26/h8-21,25,30-33,43H,22-24H2,1-7H3,(H,40,44)(H,41,47). The van der Waals surface area contributed by atoms with Crippen LogP contribution < -0.4 is 10.6 Å². The molecule has 10 heteroatoms. The van der Waals surface area contributed by atoms with Crippen molar-refractivity contribution in [1.29, 1.82) is 0 Å². The maximum atomic E-state index is 14.8. The predicted molar refractivity (Wildman–Crippen MR) is 186 cm³/mol. The van der Waals surface area contributed by atoms with Gasteiger partial charge in [0, 0.05) is 18.9 Å². The van der Waals surface area contributed by atoms with E-state index in [0.717, 1.165) is 5.56 Å². The first-order valence-electron chi connectivity index (χ1n) is 16.7. The van der Waals surface area contributed by atoms with Crippen molar-refractivity contribution in [3.8, 4) is 5.75 Å². The van der Waals surface area contributed by atoms with Crippen LogP contribution in [0.1, 0.15) is 77.6 Å². The third-order valence-electron chi connectivity index (χ3n) is 7.98. The molecule has 0 saturated heterocycles. The molecule has 0 spiro atoms. The van der Waals surface area contributed by atoms with Gasteiger partial charge >= 0.3 is 12.1 Å². The zero-order valence-corrected chi connectivity index (χ0v) is 29.4. The molecule has 49 heavy (non-hydrogen) atoms. The Morgan fingerprint density at radius 2 is 1.27 bits per heavy atom. The lowest BCUT2D eigenvalue weighted by atomic mass is 9.99. The second-order valence-electron chi connectivity index (χ2n) is 14.7. The Bertz CT molecular complexity index is 1580. The summed E-state index contributed by atoms with van der Waals surface area (Å²) in [5.41, 5.74) is 0.452. The Morgan fingerprint density at radius 3 is 1.80 bits per heavy atom. The number of amides is 3.